The Hall–Kier alpha value is -2.42. The second-order valence-electron chi connectivity index (χ2n) is 7.55. The molecular formula is C19H25ClN6O3. The van der Waals surface area contributed by atoms with Crippen LogP contribution < -0.4 is 4.90 Å². The summed E-state index contributed by atoms with van der Waals surface area (Å²) in [5.41, 5.74) is 1.26. The van der Waals surface area contributed by atoms with Crippen LogP contribution in [0.1, 0.15) is 32.6 Å². The van der Waals surface area contributed by atoms with E-state index < -0.39 is 0 Å². The maximum Gasteiger partial charge on any atom is 0.309 e. The molecule has 0 aromatic carbocycles. The number of nitrogens with zero attached hydrogens (tertiary/aromatic N) is 5. The number of fused-ring (bicyclic) bond motifs is 1. The number of anilines is 1. The molecule has 0 saturated carbocycles. The van der Waals surface area contributed by atoms with Gasteiger partial charge in [0.1, 0.15) is 5.52 Å². The van der Waals surface area contributed by atoms with E-state index >= 15 is 0 Å². The predicted molar refractivity (Wildman–Crippen MR) is 108 cm³/mol. The number of carbonyl (C=O) groups is 2. The van der Waals surface area contributed by atoms with E-state index in [0.29, 0.717) is 50.5 Å². The Labute approximate surface area is 173 Å². The molecule has 2 aromatic heterocycles. The van der Waals surface area contributed by atoms with Crippen molar-refractivity contribution in [1.29, 1.82) is 0 Å². The zero-order chi connectivity index (χ0) is 20.4. The van der Waals surface area contributed by atoms with Crippen LogP contribution in [0.25, 0.3) is 11.2 Å². The lowest BCUT2D eigenvalue weighted by Gasteiger charge is -2.37. The molecule has 2 saturated heterocycles. The Balaban J connectivity index is 1.42. The number of esters is 1. The molecule has 156 valence electrons. The van der Waals surface area contributed by atoms with Gasteiger partial charge in [-0.2, -0.15) is 9.97 Å². The molecule has 4 rings (SSSR count). The molecule has 2 fully saturated rings. The number of amides is 1. The number of nitrogens with one attached hydrogen (secondary N) is 1. The summed E-state index contributed by atoms with van der Waals surface area (Å²) in [6.07, 6.45) is 4.64. The monoisotopic (exact) mass is 420 g/mol. The molecule has 10 heteroatoms. The molecule has 2 aliphatic heterocycles. The molecule has 2 aromatic rings. The van der Waals surface area contributed by atoms with Crippen molar-refractivity contribution in [3.8, 4) is 0 Å². The van der Waals surface area contributed by atoms with Crippen LogP contribution in [0.5, 0.6) is 0 Å². The van der Waals surface area contributed by atoms with Gasteiger partial charge in [0.25, 0.3) is 0 Å². The number of H-pyrrole nitrogens is 1. The van der Waals surface area contributed by atoms with Crippen molar-refractivity contribution in [3.63, 3.8) is 0 Å². The van der Waals surface area contributed by atoms with Crippen LogP contribution in [0.3, 0.4) is 0 Å². The summed E-state index contributed by atoms with van der Waals surface area (Å²) in [5.74, 6) is 0.495. The largest absolute Gasteiger partial charge is 0.466 e. The van der Waals surface area contributed by atoms with Crippen molar-refractivity contribution in [2.75, 3.05) is 37.7 Å². The quantitative estimate of drug-likeness (QED) is 0.596. The number of aromatic amines is 1. The van der Waals surface area contributed by atoms with Crippen molar-refractivity contribution in [3.05, 3.63) is 11.6 Å². The molecule has 1 N–H and O–H groups in total. The number of ether oxygens (including phenoxy) is 1. The first-order valence-corrected chi connectivity index (χ1v) is 10.5. The number of hydrogen-bond donors (Lipinski definition) is 1. The van der Waals surface area contributed by atoms with Gasteiger partial charge < -0.3 is 19.5 Å². The molecule has 1 atom stereocenters. The fourth-order valence-corrected chi connectivity index (χ4v) is 4.41. The van der Waals surface area contributed by atoms with E-state index in [1.54, 1.807) is 6.33 Å². The van der Waals surface area contributed by atoms with Crippen LogP contribution in [0.2, 0.25) is 5.28 Å². The Morgan fingerprint density at radius 3 is 2.76 bits per heavy atom. The lowest BCUT2D eigenvalue weighted by molar-refractivity contribution is -0.151. The number of carbonyl (C=O) groups excluding carboxylic acids is 2. The maximum atomic E-state index is 13.1. The van der Waals surface area contributed by atoms with Gasteiger partial charge in [0.15, 0.2) is 11.5 Å². The van der Waals surface area contributed by atoms with Crippen molar-refractivity contribution in [2.24, 2.45) is 11.8 Å². The Kier molecular flexibility index (Phi) is 5.84. The normalized spacial score (nSPS) is 20.8. The highest BCUT2D eigenvalue weighted by atomic mass is 35.5. The molecule has 1 unspecified atom stereocenters. The highest BCUT2D eigenvalue weighted by Gasteiger charge is 2.34. The fraction of sp³-hybridized carbons (Fsp3) is 0.632. The number of piperidine rings is 2. The van der Waals surface area contributed by atoms with E-state index in [2.05, 4.69) is 24.8 Å². The van der Waals surface area contributed by atoms with Crippen LogP contribution in [-0.2, 0) is 14.3 Å². The minimum Gasteiger partial charge on any atom is -0.466 e. The van der Waals surface area contributed by atoms with Gasteiger partial charge in [0.2, 0.25) is 11.2 Å². The SMILES string of the molecule is CCOC(=O)C1CCN(C(=O)C2CCCN(c3nc(Cl)nc4nc[nH]c34)C2)CC1. The number of halogens is 1. The molecule has 29 heavy (non-hydrogen) atoms. The van der Waals surface area contributed by atoms with E-state index in [-0.39, 0.29) is 29.0 Å². The van der Waals surface area contributed by atoms with E-state index in [4.69, 9.17) is 16.3 Å². The fourth-order valence-electron chi connectivity index (χ4n) is 4.25. The molecule has 4 heterocycles. The van der Waals surface area contributed by atoms with Crippen LogP contribution in [0.4, 0.5) is 5.82 Å². The first kappa shape index (κ1) is 19.9. The summed E-state index contributed by atoms with van der Waals surface area (Å²) in [4.78, 5) is 44.8. The molecule has 9 nitrogen and oxygen atoms in total. The van der Waals surface area contributed by atoms with Gasteiger partial charge in [-0.25, -0.2) is 4.98 Å². The Bertz CT molecular complexity index is 895. The van der Waals surface area contributed by atoms with Crippen LogP contribution in [0.15, 0.2) is 6.33 Å². The number of aromatic nitrogens is 4. The average molecular weight is 421 g/mol. The summed E-state index contributed by atoms with van der Waals surface area (Å²) >= 11 is 6.07. The van der Waals surface area contributed by atoms with Crippen molar-refractivity contribution >= 4 is 40.5 Å². The summed E-state index contributed by atoms with van der Waals surface area (Å²) in [7, 11) is 0. The van der Waals surface area contributed by atoms with Gasteiger partial charge in [-0.15, -0.1) is 0 Å². The summed E-state index contributed by atoms with van der Waals surface area (Å²) in [6, 6.07) is 0. The van der Waals surface area contributed by atoms with E-state index in [9.17, 15) is 9.59 Å². The summed E-state index contributed by atoms with van der Waals surface area (Å²) in [6.45, 7) is 4.79. The second-order valence-corrected chi connectivity index (χ2v) is 7.89. The van der Waals surface area contributed by atoms with Gasteiger partial charge in [-0.1, -0.05) is 0 Å². The first-order chi connectivity index (χ1) is 14.1. The third kappa shape index (κ3) is 4.14. The average Bonchev–Trinajstić information content (AvgIpc) is 3.21. The Morgan fingerprint density at radius 2 is 2.00 bits per heavy atom. The number of imidazole rings is 1. The zero-order valence-corrected chi connectivity index (χ0v) is 17.2. The Morgan fingerprint density at radius 1 is 1.21 bits per heavy atom. The highest BCUT2D eigenvalue weighted by Crippen LogP contribution is 2.29. The standard InChI is InChI=1S/C19H25ClN6O3/c1-2-29-18(28)12-5-8-25(9-6-12)17(27)13-4-3-7-26(10-13)16-14-15(22-11-21-14)23-19(20)24-16/h11-13H,2-10H2,1H3,(H,21,22,23,24). The predicted octanol–water partition coefficient (Wildman–Crippen LogP) is 2.02. The van der Waals surface area contributed by atoms with Gasteiger partial charge in [0.05, 0.1) is 24.8 Å². The summed E-state index contributed by atoms with van der Waals surface area (Å²) < 4.78 is 5.11. The maximum absolute atomic E-state index is 13.1. The third-order valence-corrected chi connectivity index (χ3v) is 5.91. The van der Waals surface area contributed by atoms with E-state index in [1.807, 2.05) is 11.8 Å². The zero-order valence-electron chi connectivity index (χ0n) is 16.4. The molecule has 1 amide bonds. The molecule has 0 bridgehead atoms. The minimum atomic E-state index is -0.146. The van der Waals surface area contributed by atoms with Gasteiger partial charge in [0, 0.05) is 26.2 Å². The number of likely N-dealkylation sites (tertiary alicyclic amines) is 1. The smallest absolute Gasteiger partial charge is 0.309 e. The third-order valence-electron chi connectivity index (χ3n) is 5.74. The van der Waals surface area contributed by atoms with Crippen molar-refractivity contribution in [2.45, 2.75) is 32.6 Å². The van der Waals surface area contributed by atoms with Crippen LogP contribution in [-0.4, -0.2) is 69.5 Å². The molecule has 0 spiro atoms. The highest BCUT2D eigenvalue weighted by molar-refractivity contribution is 6.28. The van der Waals surface area contributed by atoms with E-state index in [0.717, 1.165) is 24.9 Å². The van der Waals surface area contributed by atoms with Gasteiger partial charge >= 0.3 is 5.97 Å². The molecular weight excluding hydrogens is 396 g/mol. The van der Waals surface area contributed by atoms with E-state index in [1.165, 1.54) is 0 Å². The van der Waals surface area contributed by atoms with Crippen molar-refractivity contribution < 1.29 is 14.3 Å². The number of rotatable bonds is 4. The lowest BCUT2D eigenvalue weighted by atomic mass is 9.93. The first-order valence-electron chi connectivity index (χ1n) is 10.1. The molecule has 2 aliphatic rings. The lowest BCUT2D eigenvalue weighted by Crippen LogP contribution is -2.48. The van der Waals surface area contributed by atoms with Crippen LogP contribution >= 0.6 is 11.6 Å². The van der Waals surface area contributed by atoms with Crippen LogP contribution in [0, 0.1) is 11.8 Å². The summed E-state index contributed by atoms with van der Waals surface area (Å²) in [5, 5.41) is 0.147. The van der Waals surface area contributed by atoms with Crippen molar-refractivity contribution in [1.82, 2.24) is 24.8 Å². The molecule has 0 aliphatic carbocycles. The molecule has 0 radical (unpaired) electrons. The number of hydrogen-bond acceptors (Lipinski definition) is 7. The minimum absolute atomic E-state index is 0.0984. The van der Waals surface area contributed by atoms with Gasteiger partial charge in [-0.05, 0) is 44.2 Å². The second kappa shape index (κ2) is 8.52. The topological polar surface area (TPSA) is 104 Å². The van der Waals surface area contributed by atoms with Gasteiger partial charge in [-0.3, -0.25) is 9.59 Å².